The van der Waals surface area contributed by atoms with E-state index >= 15 is 0 Å². The molecule has 16 heavy (non-hydrogen) atoms. The maximum absolute atomic E-state index is 9.06. The highest BCUT2D eigenvalue weighted by Crippen LogP contribution is 2.21. The molecule has 1 aromatic heterocycles. The zero-order chi connectivity index (χ0) is 11.7. The van der Waals surface area contributed by atoms with Gasteiger partial charge in [0.15, 0.2) is 0 Å². The molecule has 0 radical (unpaired) electrons. The smallest absolute Gasteiger partial charge is 0.101 e. The molecule has 0 bridgehead atoms. The largest absolute Gasteiger partial charge is 0.302 e. The predicted molar refractivity (Wildman–Crippen MR) is 62.8 cm³/mol. The van der Waals surface area contributed by atoms with Crippen molar-refractivity contribution in [2.24, 2.45) is 0 Å². The first kappa shape index (κ1) is 10.7. The van der Waals surface area contributed by atoms with Gasteiger partial charge in [-0.25, -0.2) is 4.98 Å². The molecule has 2 aromatic rings. The van der Waals surface area contributed by atoms with E-state index in [1.54, 1.807) is 18.5 Å². The second-order valence-corrected chi connectivity index (χ2v) is 4.00. The van der Waals surface area contributed by atoms with Crippen LogP contribution in [0.25, 0.3) is 5.69 Å². The summed E-state index contributed by atoms with van der Waals surface area (Å²) in [6.45, 7) is 3.91. The number of imidazole rings is 1. The van der Waals surface area contributed by atoms with Gasteiger partial charge in [0, 0.05) is 10.7 Å². The quantitative estimate of drug-likeness (QED) is 0.757. The summed E-state index contributed by atoms with van der Waals surface area (Å²) in [4.78, 5) is 4.21. The Labute approximate surface area is 98.9 Å². The Bertz CT molecular complexity index is 578. The van der Waals surface area contributed by atoms with Crippen LogP contribution in [0.2, 0.25) is 5.02 Å². The van der Waals surface area contributed by atoms with Crippen LogP contribution < -0.4 is 0 Å². The van der Waals surface area contributed by atoms with Crippen molar-refractivity contribution in [1.29, 1.82) is 5.26 Å². The number of aryl methyl sites for hydroxylation is 1. The standard InChI is InChI=1S/C12H10ClN3/c1-8-9(2)16(7-15-8)12-4-3-11(13)5-10(12)6-14/h3-5,7H,1-2H3. The fourth-order valence-electron chi connectivity index (χ4n) is 1.55. The third kappa shape index (κ3) is 1.68. The van der Waals surface area contributed by atoms with Gasteiger partial charge in [0.25, 0.3) is 0 Å². The first-order valence-corrected chi connectivity index (χ1v) is 5.22. The fourth-order valence-corrected chi connectivity index (χ4v) is 1.72. The van der Waals surface area contributed by atoms with Crippen molar-refractivity contribution in [3.63, 3.8) is 0 Å². The van der Waals surface area contributed by atoms with Crippen molar-refractivity contribution >= 4 is 11.6 Å². The zero-order valence-corrected chi connectivity index (χ0v) is 9.78. The summed E-state index contributed by atoms with van der Waals surface area (Å²) in [6, 6.07) is 7.40. The Hall–Kier alpha value is -1.79. The van der Waals surface area contributed by atoms with Gasteiger partial charge in [-0.2, -0.15) is 5.26 Å². The Balaban J connectivity index is 2.65. The van der Waals surface area contributed by atoms with Crippen LogP contribution >= 0.6 is 11.6 Å². The van der Waals surface area contributed by atoms with Crippen molar-refractivity contribution in [2.75, 3.05) is 0 Å². The number of nitriles is 1. The maximum atomic E-state index is 9.06. The van der Waals surface area contributed by atoms with E-state index in [9.17, 15) is 0 Å². The highest BCUT2D eigenvalue weighted by Gasteiger charge is 2.09. The van der Waals surface area contributed by atoms with Crippen LogP contribution in [-0.4, -0.2) is 9.55 Å². The molecule has 0 amide bonds. The molecule has 0 aliphatic rings. The van der Waals surface area contributed by atoms with Crippen LogP contribution in [0, 0.1) is 25.2 Å². The van der Waals surface area contributed by atoms with E-state index in [4.69, 9.17) is 16.9 Å². The summed E-state index contributed by atoms with van der Waals surface area (Å²) in [7, 11) is 0. The average molecular weight is 232 g/mol. The van der Waals surface area contributed by atoms with Crippen molar-refractivity contribution in [2.45, 2.75) is 13.8 Å². The van der Waals surface area contributed by atoms with Crippen LogP contribution in [0.4, 0.5) is 0 Å². The topological polar surface area (TPSA) is 41.6 Å². The van der Waals surface area contributed by atoms with Gasteiger partial charge in [-0.15, -0.1) is 0 Å². The lowest BCUT2D eigenvalue weighted by Gasteiger charge is -2.07. The van der Waals surface area contributed by atoms with Gasteiger partial charge in [-0.3, -0.25) is 0 Å². The average Bonchev–Trinajstić information content (AvgIpc) is 2.60. The number of hydrogen-bond donors (Lipinski definition) is 0. The molecule has 0 N–H and O–H groups in total. The van der Waals surface area contributed by atoms with E-state index in [2.05, 4.69) is 11.1 Å². The summed E-state index contributed by atoms with van der Waals surface area (Å²) < 4.78 is 1.89. The van der Waals surface area contributed by atoms with E-state index < -0.39 is 0 Å². The third-order valence-corrected chi connectivity index (χ3v) is 2.83. The van der Waals surface area contributed by atoms with E-state index in [0.29, 0.717) is 10.6 Å². The minimum absolute atomic E-state index is 0.549. The molecule has 0 saturated heterocycles. The monoisotopic (exact) mass is 231 g/mol. The van der Waals surface area contributed by atoms with Crippen LogP contribution in [0.15, 0.2) is 24.5 Å². The number of aromatic nitrogens is 2. The van der Waals surface area contributed by atoms with Crippen molar-refractivity contribution in [3.05, 3.63) is 46.5 Å². The lowest BCUT2D eigenvalue weighted by atomic mass is 10.2. The van der Waals surface area contributed by atoms with Gasteiger partial charge < -0.3 is 4.57 Å². The fraction of sp³-hybridized carbons (Fsp3) is 0.167. The highest BCUT2D eigenvalue weighted by atomic mass is 35.5. The summed E-state index contributed by atoms with van der Waals surface area (Å²) in [5.41, 5.74) is 3.34. The summed E-state index contributed by atoms with van der Waals surface area (Å²) >= 11 is 5.85. The van der Waals surface area contributed by atoms with Gasteiger partial charge in [-0.1, -0.05) is 11.6 Å². The Kier molecular flexibility index (Phi) is 2.67. The molecule has 2 rings (SSSR count). The van der Waals surface area contributed by atoms with Gasteiger partial charge in [0.1, 0.15) is 6.07 Å². The Morgan fingerprint density at radius 1 is 1.38 bits per heavy atom. The lowest BCUT2D eigenvalue weighted by molar-refractivity contribution is 0.996. The molecule has 1 aromatic carbocycles. The minimum atomic E-state index is 0.549. The minimum Gasteiger partial charge on any atom is -0.302 e. The van der Waals surface area contributed by atoms with Crippen LogP contribution in [-0.2, 0) is 0 Å². The second kappa shape index (κ2) is 3.99. The Morgan fingerprint density at radius 3 is 2.69 bits per heavy atom. The molecule has 4 heteroatoms. The number of nitrogens with zero attached hydrogens (tertiary/aromatic N) is 3. The van der Waals surface area contributed by atoms with E-state index in [0.717, 1.165) is 17.1 Å². The third-order valence-electron chi connectivity index (χ3n) is 2.59. The molecule has 0 saturated carbocycles. The van der Waals surface area contributed by atoms with Gasteiger partial charge in [0.05, 0.1) is 23.3 Å². The molecular weight excluding hydrogens is 222 g/mol. The van der Waals surface area contributed by atoms with Crippen molar-refractivity contribution in [1.82, 2.24) is 9.55 Å². The Morgan fingerprint density at radius 2 is 2.12 bits per heavy atom. The molecule has 0 aliphatic carbocycles. The van der Waals surface area contributed by atoms with E-state index in [-0.39, 0.29) is 0 Å². The predicted octanol–water partition coefficient (Wildman–Crippen LogP) is 3.01. The normalized spacial score (nSPS) is 10.1. The molecule has 80 valence electrons. The van der Waals surface area contributed by atoms with Crippen molar-refractivity contribution < 1.29 is 0 Å². The molecule has 0 fully saturated rings. The SMILES string of the molecule is Cc1ncn(-c2ccc(Cl)cc2C#N)c1C. The lowest BCUT2D eigenvalue weighted by Crippen LogP contribution is -1.98. The second-order valence-electron chi connectivity index (χ2n) is 3.56. The van der Waals surface area contributed by atoms with Gasteiger partial charge >= 0.3 is 0 Å². The van der Waals surface area contributed by atoms with E-state index in [1.807, 2.05) is 24.5 Å². The van der Waals surface area contributed by atoms with Crippen molar-refractivity contribution in [3.8, 4) is 11.8 Å². The molecule has 0 aliphatic heterocycles. The number of hydrogen-bond acceptors (Lipinski definition) is 2. The number of rotatable bonds is 1. The number of benzene rings is 1. The zero-order valence-electron chi connectivity index (χ0n) is 9.03. The summed E-state index contributed by atoms with van der Waals surface area (Å²) in [6.07, 6.45) is 1.72. The molecule has 0 spiro atoms. The summed E-state index contributed by atoms with van der Waals surface area (Å²) in [5, 5.41) is 9.62. The van der Waals surface area contributed by atoms with Crippen LogP contribution in [0.3, 0.4) is 0 Å². The van der Waals surface area contributed by atoms with Gasteiger partial charge in [-0.05, 0) is 32.0 Å². The molecule has 0 unspecified atom stereocenters. The summed E-state index contributed by atoms with van der Waals surface area (Å²) in [5.74, 6) is 0. The maximum Gasteiger partial charge on any atom is 0.101 e. The first-order chi connectivity index (χ1) is 7.63. The highest BCUT2D eigenvalue weighted by molar-refractivity contribution is 6.30. The number of halogens is 1. The van der Waals surface area contributed by atoms with Gasteiger partial charge in [0.2, 0.25) is 0 Å². The molecule has 1 heterocycles. The molecule has 3 nitrogen and oxygen atoms in total. The van der Waals surface area contributed by atoms with Crippen LogP contribution in [0.1, 0.15) is 17.0 Å². The van der Waals surface area contributed by atoms with Crippen LogP contribution in [0.5, 0.6) is 0 Å². The molecule has 0 atom stereocenters. The first-order valence-electron chi connectivity index (χ1n) is 4.84. The van der Waals surface area contributed by atoms with E-state index in [1.165, 1.54) is 0 Å². The molecular formula is C12H10ClN3.